The fraction of sp³-hybridized carbons (Fsp3) is 0.474. The predicted octanol–water partition coefficient (Wildman–Crippen LogP) is 2.75. The van der Waals surface area contributed by atoms with Gasteiger partial charge in [0, 0.05) is 31.4 Å². The first-order valence-electron chi connectivity index (χ1n) is 9.27. The molecule has 27 heavy (non-hydrogen) atoms. The number of benzene rings is 1. The van der Waals surface area contributed by atoms with Crippen molar-refractivity contribution in [3.63, 3.8) is 0 Å². The highest BCUT2D eigenvalue weighted by Crippen LogP contribution is 2.35. The van der Waals surface area contributed by atoms with E-state index in [1.807, 2.05) is 6.07 Å². The molecule has 4 rings (SSSR count). The minimum Gasteiger partial charge on any atom is -0.350 e. The number of anilines is 1. The Morgan fingerprint density at radius 2 is 1.81 bits per heavy atom. The van der Waals surface area contributed by atoms with Gasteiger partial charge in [-0.1, -0.05) is 0 Å². The molecule has 144 valence electrons. The van der Waals surface area contributed by atoms with Crippen molar-refractivity contribution in [1.82, 2.24) is 14.3 Å². The van der Waals surface area contributed by atoms with Gasteiger partial charge >= 0.3 is 0 Å². The van der Waals surface area contributed by atoms with Crippen LogP contribution in [0.3, 0.4) is 0 Å². The first-order chi connectivity index (χ1) is 13.0. The molecule has 1 aromatic carbocycles. The third-order valence-electron chi connectivity index (χ3n) is 5.34. The van der Waals surface area contributed by atoms with E-state index in [-0.39, 0.29) is 10.9 Å². The summed E-state index contributed by atoms with van der Waals surface area (Å²) in [6.07, 6.45) is 7.10. The number of piperidine rings is 1. The lowest BCUT2D eigenvalue weighted by atomic mass is 10.0. The smallest absolute Gasteiger partial charge is 0.243 e. The van der Waals surface area contributed by atoms with Crippen molar-refractivity contribution in [3.8, 4) is 0 Å². The molecule has 0 N–H and O–H groups in total. The SMILES string of the molecule is Cc1cc(F)ccc1S(=O)(=O)N1CCC(N(c2ccncn2)C2CC2)CC1. The fourth-order valence-electron chi connectivity index (χ4n) is 3.86. The summed E-state index contributed by atoms with van der Waals surface area (Å²) in [5, 5.41) is 0. The maximum Gasteiger partial charge on any atom is 0.243 e. The van der Waals surface area contributed by atoms with Crippen molar-refractivity contribution in [2.45, 2.75) is 49.6 Å². The summed E-state index contributed by atoms with van der Waals surface area (Å²) in [5.74, 6) is 0.498. The minimum absolute atomic E-state index is 0.192. The molecule has 0 radical (unpaired) electrons. The van der Waals surface area contributed by atoms with E-state index in [1.165, 1.54) is 22.5 Å². The van der Waals surface area contributed by atoms with E-state index >= 15 is 0 Å². The molecule has 2 fully saturated rings. The summed E-state index contributed by atoms with van der Waals surface area (Å²) in [7, 11) is -3.61. The van der Waals surface area contributed by atoms with Crippen LogP contribution >= 0.6 is 0 Å². The quantitative estimate of drug-likeness (QED) is 0.785. The van der Waals surface area contributed by atoms with Crippen LogP contribution in [0, 0.1) is 12.7 Å². The Kier molecular flexibility index (Phi) is 4.86. The normalized spacial score (nSPS) is 19.2. The van der Waals surface area contributed by atoms with Crippen molar-refractivity contribution >= 4 is 15.8 Å². The summed E-state index contributed by atoms with van der Waals surface area (Å²) in [5.41, 5.74) is 0.442. The van der Waals surface area contributed by atoms with E-state index in [1.54, 1.807) is 19.4 Å². The zero-order valence-electron chi connectivity index (χ0n) is 15.3. The Hall–Kier alpha value is -2.06. The summed E-state index contributed by atoms with van der Waals surface area (Å²) in [4.78, 5) is 10.9. The van der Waals surface area contributed by atoms with Crippen molar-refractivity contribution in [2.24, 2.45) is 0 Å². The standard InChI is InChI=1S/C19H23FN4O2S/c1-14-12-15(20)2-5-18(14)27(25,26)23-10-7-17(8-11-23)24(16-3-4-16)19-6-9-21-13-22-19/h2,5-6,9,12-13,16-17H,3-4,7-8,10-11H2,1H3. The summed E-state index contributed by atoms with van der Waals surface area (Å²) in [6, 6.07) is 6.52. The van der Waals surface area contributed by atoms with Crippen LogP contribution in [0.25, 0.3) is 0 Å². The molecule has 1 aliphatic carbocycles. The van der Waals surface area contributed by atoms with Crippen molar-refractivity contribution in [2.75, 3.05) is 18.0 Å². The summed E-state index contributed by atoms with van der Waals surface area (Å²) < 4.78 is 40.8. The van der Waals surface area contributed by atoms with Gasteiger partial charge in [0.25, 0.3) is 0 Å². The van der Waals surface area contributed by atoms with Crippen molar-refractivity contribution < 1.29 is 12.8 Å². The second-order valence-electron chi connectivity index (χ2n) is 7.25. The lowest BCUT2D eigenvalue weighted by Crippen LogP contribution is -2.48. The van der Waals surface area contributed by atoms with E-state index in [4.69, 9.17) is 0 Å². The number of hydrogen-bond donors (Lipinski definition) is 0. The Balaban J connectivity index is 1.50. The number of nitrogens with zero attached hydrogens (tertiary/aromatic N) is 4. The highest BCUT2D eigenvalue weighted by molar-refractivity contribution is 7.89. The maximum absolute atomic E-state index is 13.3. The summed E-state index contributed by atoms with van der Waals surface area (Å²) in [6.45, 7) is 2.54. The van der Waals surface area contributed by atoms with Crippen molar-refractivity contribution in [3.05, 3.63) is 48.2 Å². The third kappa shape index (κ3) is 3.68. The van der Waals surface area contributed by atoms with Gasteiger partial charge in [-0.15, -0.1) is 0 Å². The average Bonchev–Trinajstić information content (AvgIpc) is 3.48. The van der Waals surface area contributed by atoms with E-state index in [0.717, 1.165) is 31.5 Å². The zero-order valence-corrected chi connectivity index (χ0v) is 16.1. The molecule has 8 heteroatoms. The first-order valence-corrected chi connectivity index (χ1v) is 10.7. The van der Waals surface area contributed by atoms with Gasteiger partial charge in [0.15, 0.2) is 0 Å². The van der Waals surface area contributed by atoms with Crippen molar-refractivity contribution in [1.29, 1.82) is 0 Å². The molecule has 0 amide bonds. The van der Waals surface area contributed by atoms with E-state index in [0.29, 0.717) is 24.7 Å². The molecule has 0 atom stereocenters. The largest absolute Gasteiger partial charge is 0.350 e. The highest BCUT2D eigenvalue weighted by Gasteiger charge is 2.38. The molecule has 0 spiro atoms. The fourth-order valence-corrected chi connectivity index (χ4v) is 5.54. The van der Waals surface area contributed by atoms with E-state index in [2.05, 4.69) is 14.9 Å². The Bertz CT molecular complexity index is 911. The predicted molar refractivity (Wildman–Crippen MR) is 100 cm³/mol. The topological polar surface area (TPSA) is 66.4 Å². The third-order valence-corrected chi connectivity index (χ3v) is 7.40. The van der Waals surface area contributed by atoms with Crippen LogP contribution in [0.4, 0.5) is 10.2 Å². The molecule has 1 aliphatic heterocycles. The molecule has 6 nitrogen and oxygen atoms in total. The first kappa shape index (κ1) is 18.3. The summed E-state index contributed by atoms with van der Waals surface area (Å²) >= 11 is 0. The van der Waals surface area contributed by atoms with Gasteiger partial charge in [-0.2, -0.15) is 4.31 Å². The van der Waals surface area contributed by atoms with Crippen LogP contribution in [0.15, 0.2) is 41.7 Å². The Morgan fingerprint density at radius 3 is 2.41 bits per heavy atom. The van der Waals surface area contributed by atoms with E-state index < -0.39 is 15.8 Å². The van der Waals surface area contributed by atoms with Crippen LogP contribution in [0.5, 0.6) is 0 Å². The second-order valence-corrected chi connectivity index (χ2v) is 9.16. The number of aromatic nitrogens is 2. The van der Waals surface area contributed by atoms with Gasteiger partial charge in [0.1, 0.15) is 18.0 Å². The number of rotatable bonds is 5. The highest BCUT2D eigenvalue weighted by atomic mass is 32.2. The maximum atomic E-state index is 13.3. The number of halogens is 1. The molecule has 1 saturated heterocycles. The molecule has 2 heterocycles. The van der Waals surface area contributed by atoms with Gasteiger partial charge in [-0.3, -0.25) is 0 Å². The number of hydrogen-bond acceptors (Lipinski definition) is 5. The second kappa shape index (κ2) is 7.16. The number of aryl methyl sites for hydroxylation is 1. The molecule has 0 unspecified atom stereocenters. The molecule has 1 aromatic heterocycles. The van der Waals surface area contributed by atoms with Crippen LogP contribution in [0.1, 0.15) is 31.2 Å². The van der Waals surface area contributed by atoms with Crippen LogP contribution in [-0.4, -0.2) is 47.9 Å². The van der Waals surface area contributed by atoms with Crippen LogP contribution in [-0.2, 0) is 10.0 Å². The lowest BCUT2D eigenvalue weighted by Gasteiger charge is -2.39. The van der Waals surface area contributed by atoms with Gasteiger partial charge < -0.3 is 4.90 Å². The van der Waals surface area contributed by atoms with E-state index in [9.17, 15) is 12.8 Å². The monoisotopic (exact) mass is 390 g/mol. The van der Waals surface area contributed by atoms with Gasteiger partial charge in [0.05, 0.1) is 4.90 Å². The lowest BCUT2D eigenvalue weighted by molar-refractivity contribution is 0.308. The Labute approximate surface area is 159 Å². The average molecular weight is 390 g/mol. The molecule has 0 bridgehead atoms. The molecule has 2 aliphatic rings. The molecule has 2 aromatic rings. The van der Waals surface area contributed by atoms with Gasteiger partial charge in [-0.25, -0.2) is 22.8 Å². The molecular weight excluding hydrogens is 367 g/mol. The zero-order chi connectivity index (χ0) is 19.0. The van der Waals surface area contributed by atoms with Gasteiger partial charge in [-0.05, 0) is 62.4 Å². The molecular formula is C19H23FN4O2S. The number of sulfonamides is 1. The van der Waals surface area contributed by atoms with Gasteiger partial charge in [0.2, 0.25) is 10.0 Å². The van der Waals surface area contributed by atoms with Crippen LogP contribution < -0.4 is 4.90 Å². The molecule has 1 saturated carbocycles. The van der Waals surface area contributed by atoms with Crippen LogP contribution in [0.2, 0.25) is 0 Å². The Morgan fingerprint density at radius 1 is 1.11 bits per heavy atom. The minimum atomic E-state index is -3.61.